The second-order valence-electron chi connectivity index (χ2n) is 6.17. The monoisotopic (exact) mass is 306 g/mol. The van der Waals surface area contributed by atoms with E-state index in [1.54, 1.807) is 6.07 Å². The van der Waals surface area contributed by atoms with Crippen LogP contribution in [-0.2, 0) is 0 Å². The third-order valence-corrected chi connectivity index (χ3v) is 4.96. The van der Waals surface area contributed by atoms with Gasteiger partial charge in [0.1, 0.15) is 5.15 Å². The summed E-state index contributed by atoms with van der Waals surface area (Å²) in [7, 11) is 2.19. The van der Waals surface area contributed by atoms with Crippen molar-refractivity contribution in [1.29, 1.82) is 0 Å². The van der Waals surface area contributed by atoms with Gasteiger partial charge in [0.25, 0.3) is 6.01 Å². The molecule has 4 heterocycles. The number of likely N-dealkylation sites (tertiary alicyclic amines) is 1. The van der Waals surface area contributed by atoms with Crippen LogP contribution in [0.25, 0.3) is 11.2 Å². The lowest BCUT2D eigenvalue weighted by Crippen LogP contribution is -2.54. The number of nitrogens with zero attached hydrogens (tertiary/aromatic N) is 4. The van der Waals surface area contributed by atoms with Crippen LogP contribution in [0.2, 0.25) is 5.15 Å². The van der Waals surface area contributed by atoms with E-state index in [2.05, 4.69) is 26.8 Å². The number of anilines is 1. The van der Waals surface area contributed by atoms with Gasteiger partial charge in [-0.2, -0.15) is 4.98 Å². The van der Waals surface area contributed by atoms with E-state index in [1.165, 1.54) is 25.8 Å². The zero-order valence-electron chi connectivity index (χ0n) is 12.1. The van der Waals surface area contributed by atoms with E-state index in [9.17, 15) is 0 Å². The SMILES string of the molecule is CN1CCC2CCCN(c3nc4nc(Cl)ccc4o3)C2C1. The standard InChI is InChI=1S/C15H19ClN4O/c1-19-8-6-10-3-2-7-20(11(10)9-19)15-18-14-12(21-15)4-5-13(16)17-14/h4-5,10-11H,2-3,6-9H2,1H3. The van der Waals surface area contributed by atoms with Crippen molar-refractivity contribution in [3.63, 3.8) is 0 Å². The van der Waals surface area contributed by atoms with Crippen LogP contribution in [0.4, 0.5) is 6.01 Å². The molecule has 2 saturated heterocycles. The van der Waals surface area contributed by atoms with Crippen LogP contribution in [0.3, 0.4) is 0 Å². The third-order valence-electron chi connectivity index (χ3n) is 4.75. The fourth-order valence-corrected chi connectivity index (χ4v) is 3.81. The van der Waals surface area contributed by atoms with Gasteiger partial charge in [-0.15, -0.1) is 0 Å². The van der Waals surface area contributed by atoms with Crippen molar-refractivity contribution in [1.82, 2.24) is 14.9 Å². The number of aromatic nitrogens is 2. The molecule has 0 bridgehead atoms. The van der Waals surface area contributed by atoms with Crippen molar-refractivity contribution < 1.29 is 4.42 Å². The van der Waals surface area contributed by atoms with E-state index >= 15 is 0 Å². The molecule has 5 nitrogen and oxygen atoms in total. The molecule has 0 radical (unpaired) electrons. The highest BCUT2D eigenvalue weighted by Gasteiger charge is 2.37. The Labute approximate surface area is 128 Å². The summed E-state index contributed by atoms with van der Waals surface area (Å²) in [5.41, 5.74) is 1.31. The third kappa shape index (κ3) is 2.38. The smallest absolute Gasteiger partial charge is 0.300 e. The Hall–Kier alpha value is -1.33. The topological polar surface area (TPSA) is 45.4 Å². The molecule has 2 aromatic heterocycles. The summed E-state index contributed by atoms with van der Waals surface area (Å²) in [6.07, 6.45) is 3.79. The van der Waals surface area contributed by atoms with Crippen molar-refractivity contribution in [3.05, 3.63) is 17.3 Å². The second-order valence-corrected chi connectivity index (χ2v) is 6.55. The lowest BCUT2D eigenvalue weighted by Gasteiger charge is -2.45. The number of rotatable bonds is 1. The molecule has 6 heteroatoms. The molecular weight excluding hydrogens is 288 g/mol. The predicted molar refractivity (Wildman–Crippen MR) is 82.8 cm³/mol. The van der Waals surface area contributed by atoms with Gasteiger partial charge >= 0.3 is 0 Å². The lowest BCUT2D eigenvalue weighted by molar-refractivity contribution is 0.155. The number of pyridine rings is 1. The maximum atomic E-state index is 5.93. The molecule has 2 aliphatic rings. The molecule has 112 valence electrons. The van der Waals surface area contributed by atoms with Crippen molar-refractivity contribution in [3.8, 4) is 0 Å². The molecule has 0 saturated carbocycles. The molecule has 21 heavy (non-hydrogen) atoms. The molecule has 0 spiro atoms. The Balaban J connectivity index is 1.69. The Morgan fingerprint density at radius 1 is 1.24 bits per heavy atom. The predicted octanol–water partition coefficient (Wildman–Crippen LogP) is 2.80. The van der Waals surface area contributed by atoms with Crippen LogP contribution in [0, 0.1) is 5.92 Å². The number of piperidine rings is 2. The van der Waals surface area contributed by atoms with Crippen LogP contribution in [0.15, 0.2) is 16.5 Å². The molecular formula is C15H19ClN4O. The van der Waals surface area contributed by atoms with Gasteiger partial charge < -0.3 is 14.2 Å². The summed E-state index contributed by atoms with van der Waals surface area (Å²) in [6, 6.07) is 4.78. The summed E-state index contributed by atoms with van der Waals surface area (Å²) in [4.78, 5) is 13.5. The largest absolute Gasteiger partial charge is 0.422 e. The fourth-order valence-electron chi connectivity index (χ4n) is 3.66. The number of fused-ring (bicyclic) bond motifs is 2. The van der Waals surface area contributed by atoms with Gasteiger partial charge in [-0.1, -0.05) is 11.6 Å². The van der Waals surface area contributed by atoms with Crippen molar-refractivity contribution in [2.75, 3.05) is 31.6 Å². The molecule has 0 aromatic carbocycles. The molecule has 0 N–H and O–H groups in total. The van der Waals surface area contributed by atoms with Gasteiger partial charge in [0.05, 0.1) is 0 Å². The Morgan fingerprint density at radius 2 is 2.14 bits per heavy atom. The molecule has 2 unspecified atom stereocenters. The van der Waals surface area contributed by atoms with Crippen LogP contribution in [-0.4, -0.2) is 47.6 Å². The van der Waals surface area contributed by atoms with E-state index in [0.717, 1.165) is 19.0 Å². The number of hydrogen-bond donors (Lipinski definition) is 0. The molecule has 4 rings (SSSR count). The van der Waals surface area contributed by atoms with E-state index in [0.29, 0.717) is 28.4 Å². The first kappa shape index (κ1) is 13.3. The van der Waals surface area contributed by atoms with E-state index in [1.807, 2.05) is 6.07 Å². The van der Waals surface area contributed by atoms with Crippen LogP contribution in [0.1, 0.15) is 19.3 Å². The maximum Gasteiger partial charge on any atom is 0.300 e. The fraction of sp³-hybridized carbons (Fsp3) is 0.600. The molecule has 2 fully saturated rings. The van der Waals surface area contributed by atoms with Gasteiger partial charge in [0, 0.05) is 19.1 Å². The first-order chi connectivity index (χ1) is 10.2. The quantitative estimate of drug-likeness (QED) is 0.758. The first-order valence-corrected chi connectivity index (χ1v) is 7.97. The van der Waals surface area contributed by atoms with Crippen LogP contribution in [0.5, 0.6) is 0 Å². The summed E-state index contributed by atoms with van der Waals surface area (Å²) in [6.45, 7) is 3.28. The second kappa shape index (κ2) is 5.14. The van der Waals surface area contributed by atoms with Crippen molar-refractivity contribution in [2.45, 2.75) is 25.3 Å². The van der Waals surface area contributed by atoms with Crippen molar-refractivity contribution >= 4 is 28.8 Å². The number of hydrogen-bond acceptors (Lipinski definition) is 5. The molecule has 0 amide bonds. The summed E-state index contributed by atoms with van der Waals surface area (Å²) in [5, 5.41) is 0.455. The average Bonchev–Trinajstić information content (AvgIpc) is 2.89. The number of oxazole rings is 1. The lowest BCUT2D eigenvalue weighted by atomic mass is 9.84. The zero-order valence-corrected chi connectivity index (χ0v) is 12.9. The van der Waals surface area contributed by atoms with E-state index < -0.39 is 0 Å². The molecule has 2 aliphatic heterocycles. The maximum absolute atomic E-state index is 5.93. The first-order valence-electron chi connectivity index (χ1n) is 7.59. The van der Waals surface area contributed by atoms with Gasteiger partial charge in [-0.3, -0.25) is 0 Å². The minimum Gasteiger partial charge on any atom is -0.422 e. The normalized spacial score (nSPS) is 27.0. The van der Waals surface area contributed by atoms with Gasteiger partial charge in [-0.05, 0) is 50.9 Å². The molecule has 2 aromatic rings. The van der Waals surface area contributed by atoms with Crippen molar-refractivity contribution in [2.24, 2.45) is 5.92 Å². The van der Waals surface area contributed by atoms with Crippen LogP contribution < -0.4 is 4.90 Å². The summed E-state index contributed by atoms with van der Waals surface area (Å²) >= 11 is 5.93. The zero-order chi connectivity index (χ0) is 14.4. The minimum absolute atomic E-state index is 0.455. The Morgan fingerprint density at radius 3 is 3.05 bits per heavy atom. The van der Waals surface area contributed by atoms with Gasteiger partial charge in [-0.25, -0.2) is 4.98 Å². The van der Waals surface area contributed by atoms with Gasteiger partial charge in [0.15, 0.2) is 5.58 Å². The summed E-state index contributed by atoms with van der Waals surface area (Å²) in [5.74, 6) is 0.751. The minimum atomic E-state index is 0.455. The summed E-state index contributed by atoms with van der Waals surface area (Å²) < 4.78 is 5.92. The van der Waals surface area contributed by atoms with Crippen LogP contribution >= 0.6 is 11.6 Å². The van der Waals surface area contributed by atoms with E-state index in [4.69, 9.17) is 16.0 Å². The Bertz CT molecular complexity index is 658. The molecule has 0 aliphatic carbocycles. The number of likely N-dealkylation sites (N-methyl/N-ethyl adjacent to an activating group) is 1. The highest BCUT2D eigenvalue weighted by atomic mass is 35.5. The van der Waals surface area contributed by atoms with Gasteiger partial charge in [0.2, 0.25) is 5.65 Å². The number of halogens is 1. The average molecular weight is 307 g/mol. The van der Waals surface area contributed by atoms with E-state index in [-0.39, 0.29) is 0 Å². The highest BCUT2D eigenvalue weighted by Crippen LogP contribution is 2.34. The Kier molecular flexibility index (Phi) is 3.27. The molecule has 2 atom stereocenters. The highest BCUT2D eigenvalue weighted by molar-refractivity contribution is 6.29.